The second kappa shape index (κ2) is 8.00. The molecular weight excluding hydrogens is 390 g/mol. The molecular formula is C18H22ClN3O4S. The first-order valence-electron chi connectivity index (χ1n) is 8.75. The SMILES string of the molecule is Cc1noc(C)c1CCC(=O)N1CCN(S(=O)(=O)c2ccccc2Cl)CC1. The molecule has 0 spiro atoms. The molecule has 0 unspecified atom stereocenters. The molecule has 0 radical (unpaired) electrons. The van der Waals surface area contributed by atoms with Crippen LogP contribution in [0.2, 0.25) is 5.02 Å². The third kappa shape index (κ3) is 4.17. The van der Waals surface area contributed by atoms with Gasteiger partial charge in [0.1, 0.15) is 10.7 Å². The van der Waals surface area contributed by atoms with Crippen LogP contribution in [0.1, 0.15) is 23.4 Å². The molecule has 1 fully saturated rings. The van der Waals surface area contributed by atoms with Crippen molar-refractivity contribution in [2.45, 2.75) is 31.6 Å². The van der Waals surface area contributed by atoms with Crippen molar-refractivity contribution in [3.63, 3.8) is 0 Å². The lowest BCUT2D eigenvalue weighted by Gasteiger charge is -2.34. The summed E-state index contributed by atoms with van der Waals surface area (Å²) in [6.07, 6.45) is 0.915. The van der Waals surface area contributed by atoms with Gasteiger partial charge in [-0.2, -0.15) is 4.31 Å². The van der Waals surface area contributed by atoms with Crippen molar-refractivity contribution in [1.82, 2.24) is 14.4 Å². The van der Waals surface area contributed by atoms with Gasteiger partial charge in [0.25, 0.3) is 0 Å². The van der Waals surface area contributed by atoms with Crippen LogP contribution < -0.4 is 0 Å². The Balaban J connectivity index is 1.58. The molecule has 0 saturated carbocycles. The Hall–Kier alpha value is -1.90. The summed E-state index contributed by atoms with van der Waals surface area (Å²) >= 11 is 6.04. The molecule has 0 aliphatic carbocycles. The molecule has 1 amide bonds. The number of carbonyl (C=O) groups excluding carboxylic acids is 1. The molecule has 9 heteroatoms. The Morgan fingerprint density at radius 3 is 2.44 bits per heavy atom. The monoisotopic (exact) mass is 411 g/mol. The number of benzene rings is 1. The van der Waals surface area contributed by atoms with E-state index >= 15 is 0 Å². The summed E-state index contributed by atoms with van der Waals surface area (Å²) in [6.45, 7) is 4.93. The number of nitrogens with zero attached hydrogens (tertiary/aromatic N) is 3. The fraction of sp³-hybridized carbons (Fsp3) is 0.444. The van der Waals surface area contributed by atoms with Gasteiger partial charge in [-0.3, -0.25) is 4.79 Å². The van der Waals surface area contributed by atoms with Gasteiger partial charge in [0, 0.05) is 38.2 Å². The Kier molecular flexibility index (Phi) is 5.88. The van der Waals surface area contributed by atoms with E-state index in [4.69, 9.17) is 16.1 Å². The van der Waals surface area contributed by atoms with Gasteiger partial charge in [-0.1, -0.05) is 28.9 Å². The molecule has 1 aliphatic heterocycles. The van der Waals surface area contributed by atoms with Crippen LogP contribution in [0.3, 0.4) is 0 Å². The molecule has 2 heterocycles. The van der Waals surface area contributed by atoms with E-state index in [1.54, 1.807) is 23.1 Å². The minimum absolute atomic E-state index is 0.00444. The summed E-state index contributed by atoms with van der Waals surface area (Å²) in [6, 6.07) is 6.39. The quantitative estimate of drug-likeness (QED) is 0.754. The van der Waals surface area contributed by atoms with Gasteiger partial charge in [-0.15, -0.1) is 0 Å². The number of halogens is 1. The lowest BCUT2D eigenvalue weighted by Crippen LogP contribution is -2.50. The molecule has 3 rings (SSSR count). The first-order chi connectivity index (χ1) is 12.8. The summed E-state index contributed by atoms with van der Waals surface area (Å²) in [5, 5.41) is 4.10. The predicted molar refractivity (Wildman–Crippen MR) is 101 cm³/mol. The number of hydrogen-bond donors (Lipinski definition) is 0. The number of hydrogen-bond acceptors (Lipinski definition) is 5. The number of piperazine rings is 1. The highest BCUT2D eigenvalue weighted by Crippen LogP contribution is 2.25. The maximum absolute atomic E-state index is 12.8. The lowest BCUT2D eigenvalue weighted by molar-refractivity contribution is -0.132. The predicted octanol–water partition coefficient (Wildman–Crippen LogP) is 2.41. The summed E-state index contributed by atoms with van der Waals surface area (Å²) < 4.78 is 32.0. The summed E-state index contributed by atoms with van der Waals surface area (Å²) in [4.78, 5) is 14.3. The lowest BCUT2D eigenvalue weighted by atomic mass is 10.1. The maximum Gasteiger partial charge on any atom is 0.244 e. The normalized spacial score (nSPS) is 15.9. The molecule has 2 aromatic rings. The van der Waals surface area contributed by atoms with Gasteiger partial charge in [-0.05, 0) is 32.4 Å². The second-order valence-electron chi connectivity index (χ2n) is 6.52. The van der Waals surface area contributed by atoms with Crippen LogP contribution in [0, 0.1) is 13.8 Å². The van der Waals surface area contributed by atoms with Crippen LogP contribution >= 0.6 is 11.6 Å². The van der Waals surface area contributed by atoms with Crippen LogP contribution in [-0.4, -0.2) is 54.9 Å². The van der Waals surface area contributed by atoms with E-state index in [1.807, 2.05) is 13.8 Å². The minimum atomic E-state index is -3.66. The third-order valence-electron chi connectivity index (χ3n) is 4.82. The van der Waals surface area contributed by atoms with Gasteiger partial charge in [0.2, 0.25) is 15.9 Å². The number of carbonyl (C=O) groups is 1. The molecule has 0 atom stereocenters. The van der Waals surface area contributed by atoms with E-state index in [-0.39, 0.29) is 28.9 Å². The molecule has 1 aromatic carbocycles. The van der Waals surface area contributed by atoms with E-state index < -0.39 is 10.0 Å². The molecule has 1 aliphatic rings. The van der Waals surface area contributed by atoms with Crippen molar-refractivity contribution in [3.8, 4) is 0 Å². The van der Waals surface area contributed by atoms with Crippen molar-refractivity contribution >= 4 is 27.5 Å². The first kappa shape index (κ1) is 19.9. The Morgan fingerprint density at radius 2 is 1.85 bits per heavy atom. The second-order valence-corrected chi connectivity index (χ2v) is 8.83. The van der Waals surface area contributed by atoms with Crippen LogP contribution in [-0.2, 0) is 21.2 Å². The van der Waals surface area contributed by atoms with E-state index in [9.17, 15) is 13.2 Å². The highest BCUT2D eigenvalue weighted by atomic mass is 35.5. The van der Waals surface area contributed by atoms with Gasteiger partial charge in [0.05, 0.1) is 10.7 Å². The number of aryl methyl sites for hydroxylation is 2. The minimum Gasteiger partial charge on any atom is -0.361 e. The molecule has 1 saturated heterocycles. The van der Waals surface area contributed by atoms with E-state index in [2.05, 4.69) is 5.16 Å². The highest BCUT2D eigenvalue weighted by molar-refractivity contribution is 7.89. The van der Waals surface area contributed by atoms with Crippen LogP contribution in [0.4, 0.5) is 0 Å². The number of sulfonamides is 1. The first-order valence-corrected chi connectivity index (χ1v) is 10.6. The van der Waals surface area contributed by atoms with Crippen LogP contribution in [0.15, 0.2) is 33.7 Å². The molecule has 7 nitrogen and oxygen atoms in total. The zero-order valence-corrected chi connectivity index (χ0v) is 16.9. The van der Waals surface area contributed by atoms with Crippen molar-refractivity contribution in [3.05, 3.63) is 46.3 Å². The van der Waals surface area contributed by atoms with E-state index in [1.165, 1.54) is 10.4 Å². The number of rotatable bonds is 5. The van der Waals surface area contributed by atoms with Crippen LogP contribution in [0.5, 0.6) is 0 Å². The molecule has 0 N–H and O–H groups in total. The van der Waals surface area contributed by atoms with Gasteiger partial charge in [0.15, 0.2) is 0 Å². The third-order valence-corrected chi connectivity index (χ3v) is 7.21. The van der Waals surface area contributed by atoms with Gasteiger partial charge >= 0.3 is 0 Å². The zero-order chi connectivity index (χ0) is 19.6. The fourth-order valence-electron chi connectivity index (χ4n) is 3.22. The maximum atomic E-state index is 12.8. The fourth-order valence-corrected chi connectivity index (χ4v) is 5.14. The van der Waals surface area contributed by atoms with Crippen LogP contribution in [0.25, 0.3) is 0 Å². The average Bonchev–Trinajstić information content (AvgIpc) is 2.98. The van der Waals surface area contributed by atoms with Crippen molar-refractivity contribution in [2.75, 3.05) is 26.2 Å². The molecule has 1 aromatic heterocycles. The Morgan fingerprint density at radius 1 is 1.19 bits per heavy atom. The van der Waals surface area contributed by atoms with Crippen molar-refractivity contribution in [2.24, 2.45) is 0 Å². The topological polar surface area (TPSA) is 83.7 Å². The van der Waals surface area contributed by atoms with E-state index in [0.717, 1.165) is 17.0 Å². The van der Waals surface area contributed by atoms with Crippen molar-refractivity contribution < 1.29 is 17.7 Å². The standard InChI is InChI=1S/C18H22ClN3O4S/c1-13-15(14(2)26-20-13)7-8-18(23)21-9-11-22(12-10-21)27(24,25)17-6-4-3-5-16(17)19/h3-6H,7-12H2,1-2H3. The molecule has 146 valence electrons. The summed E-state index contributed by atoms with van der Waals surface area (Å²) in [5.74, 6) is 0.737. The smallest absolute Gasteiger partial charge is 0.244 e. The zero-order valence-electron chi connectivity index (χ0n) is 15.3. The summed E-state index contributed by atoms with van der Waals surface area (Å²) in [7, 11) is -3.66. The highest BCUT2D eigenvalue weighted by Gasteiger charge is 2.31. The number of amides is 1. The largest absolute Gasteiger partial charge is 0.361 e. The number of aromatic nitrogens is 1. The summed E-state index contributed by atoms with van der Waals surface area (Å²) in [5.41, 5.74) is 1.76. The molecule has 0 bridgehead atoms. The Bertz CT molecular complexity index is 914. The van der Waals surface area contributed by atoms with Crippen molar-refractivity contribution in [1.29, 1.82) is 0 Å². The average molecular weight is 412 g/mol. The van der Waals surface area contributed by atoms with E-state index in [0.29, 0.717) is 25.9 Å². The Labute approximate surface area is 163 Å². The van der Waals surface area contributed by atoms with Gasteiger partial charge in [-0.25, -0.2) is 8.42 Å². The molecule has 27 heavy (non-hydrogen) atoms. The van der Waals surface area contributed by atoms with Gasteiger partial charge < -0.3 is 9.42 Å².